The fraction of sp³-hybridized carbons (Fsp3) is 0.176. The number of carbonyl (C=O) groups excluding carboxylic acids is 2. The van der Waals surface area contributed by atoms with E-state index in [1.165, 1.54) is 13.0 Å². The highest BCUT2D eigenvalue weighted by molar-refractivity contribution is 5.93. The second-order valence-electron chi connectivity index (χ2n) is 4.41. The quantitative estimate of drug-likeness (QED) is 0.389. The molecule has 0 bridgehead atoms. The molecule has 4 nitrogen and oxygen atoms in total. The zero-order valence-electron chi connectivity index (χ0n) is 12.5. The fourth-order valence-electron chi connectivity index (χ4n) is 1.69. The summed E-state index contributed by atoms with van der Waals surface area (Å²) in [5.41, 5.74) is 1.92. The van der Waals surface area contributed by atoms with Gasteiger partial charge in [-0.25, -0.2) is 4.79 Å². The summed E-state index contributed by atoms with van der Waals surface area (Å²) >= 11 is 0. The van der Waals surface area contributed by atoms with E-state index < -0.39 is 5.97 Å². The minimum atomic E-state index is -0.459. The Balaban J connectivity index is 2.90. The second-order valence-corrected chi connectivity index (χ2v) is 4.41. The van der Waals surface area contributed by atoms with Gasteiger partial charge in [0.15, 0.2) is 0 Å². The smallest absolute Gasteiger partial charge is 0.343 e. The van der Waals surface area contributed by atoms with Crippen LogP contribution in [0.1, 0.15) is 19.4 Å². The summed E-state index contributed by atoms with van der Waals surface area (Å²) in [5, 5.41) is 2.70. The monoisotopic (exact) mass is 285 g/mol. The van der Waals surface area contributed by atoms with Gasteiger partial charge in [-0.15, -0.1) is 0 Å². The second kappa shape index (κ2) is 7.85. The first-order chi connectivity index (χ1) is 9.97. The summed E-state index contributed by atoms with van der Waals surface area (Å²) in [6.45, 7) is 8.65. The average Bonchev–Trinajstić information content (AvgIpc) is 2.41. The Bertz CT molecular complexity index is 612. The van der Waals surface area contributed by atoms with Gasteiger partial charge in [0, 0.05) is 12.6 Å². The highest BCUT2D eigenvalue weighted by Gasteiger charge is 2.10. The number of esters is 1. The number of hydrogen-bond donors (Lipinski definition) is 1. The third-order valence-electron chi connectivity index (χ3n) is 2.60. The molecule has 0 saturated carbocycles. The van der Waals surface area contributed by atoms with E-state index in [2.05, 4.69) is 11.9 Å². The predicted molar refractivity (Wildman–Crippen MR) is 84.2 cm³/mol. The van der Waals surface area contributed by atoms with Gasteiger partial charge in [-0.3, -0.25) is 4.79 Å². The molecule has 0 radical (unpaired) electrons. The van der Waals surface area contributed by atoms with Crippen LogP contribution in [0.2, 0.25) is 0 Å². The molecule has 0 aliphatic heterocycles. The lowest BCUT2D eigenvalue weighted by Crippen LogP contribution is -2.11. The molecule has 1 amide bonds. The van der Waals surface area contributed by atoms with Crippen molar-refractivity contribution in [2.75, 3.05) is 5.32 Å². The molecule has 4 heteroatoms. The van der Waals surface area contributed by atoms with Crippen molar-refractivity contribution >= 4 is 17.6 Å². The SMILES string of the molecule is C=C/C=C(\C=C/C)C(=O)Oc1ccc(NC(C)=O)c(C)c1. The van der Waals surface area contributed by atoms with Crippen LogP contribution in [0.25, 0.3) is 0 Å². The first kappa shape index (κ1) is 16.4. The van der Waals surface area contributed by atoms with Crippen molar-refractivity contribution in [3.05, 3.63) is 60.2 Å². The van der Waals surface area contributed by atoms with Crippen molar-refractivity contribution in [2.45, 2.75) is 20.8 Å². The summed E-state index contributed by atoms with van der Waals surface area (Å²) in [6, 6.07) is 5.04. The third kappa shape index (κ3) is 5.10. The largest absolute Gasteiger partial charge is 0.423 e. The van der Waals surface area contributed by atoms with Gasteiger partial charge in [-0.05, 0) is 43.7 Å². The van der Waals surface area contributed by atoms with Crippen LogP contribution >= 0.6 is 0 Å². The Labute approximate surface area is 124 Å². The van der Waals surface area contributed by atoms with Crippen molar-refractivity contribution < 1.29 is 14.3 Å². The van der Waals surface area contributed by atoms with Crippen LogP contribution in [0.5, 0.6) is 5.75 Å². The van der Waals surface area contributed by atoms with E-state index in [1.54, 1.807) is 36.4 Å². The number of hydrogen-bond acceptors (Lipinski definition) is 3. The normalized spacial score (nSPS) is 11.3. The van der Waals surface area contributed by atoms with Crippen molar-refractivity contribution in [1.29, 1.82) is 0 Å². The molecule has 110 valence electrons. The molecule has 0 heterocycles. The minimum Gasteiger partial charge on any atom is -0.423 e. The molecule has 0 fully saturated rings. The molecule has 21 heavy (non-hydrogen) atoms. The molecule has 0 aromatic heterocycles. The summed E-state index contributed by atoms with van der Waals surface area (Å²) in [6.07, 6.45) is 6.52. The van der Waals surface area contributed by atoms with Crippen LogP contribution in [-0.4, -0.2) is 11.9 Å². The van der Waals surface area contributed by atoms with Gasteiger partial charge in [0.25, 0.3) is 0 Å². The molecular weight excluding hydrogens is 266 g/mol. The lowest BCUT2D eigenvalue weighted by Gasteiger charge is -2.09. The van der Waals surface area contributed by atoms with E-state index in [4.69, 9.17) is 4.74 Å². The summed E-state index contributed by atoms with van der Waals surface area (Å²) in [7, 11) is 0. The van der Waals surface area contributed by atoms with Gasteiger partial charge in [-0.1, -0.05) is 24.8 Å². The number of ether oxygens (including phenoxy) is 1. The number of benzene rings is 1. The van der Waals surface area contributed by atoms with Gasteiger partial charge in [0.05, 0.1) is 5.57 Å². The van der Waals surface area contributed by atoms with Gasteiger partial charge in [-0.2, -0.15) is 0 Å². The number of carbonyl (C=O) groups is 2. The molecule has 0 saturated heterocycles. The number of allylic oxidation sites excluding steroid dienone is 3. The zero-order valence-corrected chi connectivity index (χ0v) is 12.5. The Morgan fingerprint density at radius 3 is 2.57 bits per heavy atom. The summed E-state index contributed by atoms with van der Waals surface area (Å²) in [4.78, 5) is 23.0. The van der Waals surface area contributed by atoms with Crippen LogP contribution in [0.3, 0.4) is 0 Å². The number of aryl methyl sites for hydroxylation is 1. The summed E-state index contributed by atoms with van der Waals surface area (Å²) < 4.78 is 5.30. The van der Waals surface area contributed by atoms with E-state index in [1.807, 2.05) is 13.8 Å². The first-order valence-electron chi connectivity index (χ1n) is 6.53. The van der Waals surface area contributed by atoms with Crippen LogP contribution in [0.4, 0.5) is 5.69 Å². The van der Waals surface area contributed by atoms with E-state index in [0.29, 0.717) is 17.0 Å². The van der Waals surface area contributed by atoms with E-state index in [-0.39, 0.29) is 5.91 Å². The highest BCUT2D eigenvalue weighted by atomic mass is 16.5. The van der Waals surface area contributed by atoms with E-state index in [0.717, 1.165) is 5.56 Å². The Morgan fingerprint density at radius 2 is 2.05 bits per heavy atom. The minimum absolute atomic E-state index is 0.146. The van der Waals surface area contributed by atoms with Gasteiger partial charge >= 0.3 is 5.97 Å². The molecule has 1 N–H and O–H groups in total. The maximum absolute atomic E-state index is 12.0. The molecule has 1 aromatic rings. The molecule has 1 rings (SSSR count). The molecule has 1 aromatic carbocycles. The van der Waals surface area contributed by atoms with Crippen LogP contribution in [-0.2, 0) is 9.59 Å². The summed E-state index contributed by atoms with van der Waals surface area (Å²) in [5.74, 6) is -0.183. The van der Waals surface area contributed by atoms with E-state index >= 15 is 0 Å². The average molecular weight is 285 g/mol. The van der Waals surface area contributed by atoms with Crippen molar-refractivity contribution in [2.24, 2.45) is 0 Å². The predicted octanol–water partition coefficient (Wildman–Crippen LogP) is 3.55. The van der Waals surface area contributed by atoms with Gasteiger partial charge in [0.2, 0.25) is 5.91 Å². The number of amides is 1. The lowest BCUT2D eigenvalue weighted by atomic mass is 10.2. The fourth-order valence-corrected chi connectivity index (χ4v) is 1.69. The molecule has 0 aliphatic carbocycles. The molecular formula is C17H19NO3. The van der Waals surface area contributed by atoms with Gasteiger partial charge in [0.1, 0.15) is 5.75 Å². The van der Waals surface area contributed by atoms with Crippen LogP contribution in [0.15, 0.2) is 54.7 Å². The highest BCUT2D eigenvalue weighted by Crippen LogP contribution is 2.22. The van der Waals surface area contributed by atoms with Crippen LogP contribution in [0, 0.1) is 6.92 Å². The maximum Gasteiger partial charge on any atom is 0.343 e. The lowest BCUT2D eigenvalue weighted by molar-refractivity contribution is -0.129. The topological polar surface area (TPSA) is 55.4 Å². The Hall–Kier alpha value is -2.62. The van der Waals surface area contributed by atoms with Crippen molar-refractivity contribution in [3.63, 3.8) is 0 Å². The van der Waals surface area contributed by atoms with Crippen molar-refractivity contribution in [3.8, 4) is 5.75 Å². The van der Waals surface area contributed by atoms with Crippen molar-refractivity contribution in [1.82, 2.24) is 0 Å². The number of nitrogens with one attached hydrogen (secondary N) is 1. The molecule has 0 unspecified atom stereocenters. The van der Waals surface area contributed by atoms with Crippen LogP contribution < -0.4 is 10.1 Å². The standard InChI is InChI=1S/C17H19NO3/c1-5-7-14(8-6-2)17(20)21-15-9-10-16(12(3)11-15)18-13(4)19/h5-11H,1H2,2-4H3,(H,18,19)/b8-6-,14-7+. The number of rotatable bonds is 5. The molecule has 0 spiro atoms. The zero-order chi connectivity index (χ0) is 15.8. The molecule has 0 atom stereocenters. The molecule has 0 aliphatic rings. The Morgan fingerprint density at radius 1 is 1.33 bits per heavy atom. The first-order valence-corrected chi connectivity index (χ1v) is 6.53. The Kier molecular flexibility index (Phi) is 6.14. The van der Waals surface area contributed by atoms with E-state index in [9.17, 15) is 9.59 Å². The maximum atomic E-state index is 12.0. The van der Waals surface area contributed by atoms with Gasteiger partial charge < -0.3 is 10.1 Å². The number of anilines is 1. The third-order valence-corrected chi connectivity index (χ3v) is 2.60.